The Morgan fingerprint density at radius 3 is 3.00 bits per heavy atom. The maximum Gasteiger partial charge on any atom is 0.164 e. The number of fused-ring (bicyclic) bond motifs is 1. The van der Waals surface area contributed by atoms with E-state index in [1.54, 1.807) is 7.11 Å². The lowest BCUT2D eigenvalue weighted by Crippen LogP contribution is -2.33. The first-order chi connectivity index (χ1) is 9.19. The molecule has 2 unspecified atom stereocenters. The smallest absolute Gasteiger partial charge is 0.164 e. The van der Waals surface area contributed by atoms with Crippen LogP contribution in [-0.2, 0) is 6.54 Å². The zero-order valence-electron chi connectivity index (χ0n) is 11.2. The van der Waals surface area contributed by atoms with Crippen molar-refractivity contribution in [2.75, 3.05) is 7.11 Å². The highest BCUT2D eigenvalue weighted by atomic mass is 16.5. The summed E-state index contributed by atoms with van der Waals surface area (Å²) in [5.41, 5.74) is 7.11. The molecule has 0 bridgehead atoms. The molecule has 0 amide bonds. The fraction of sp³-hybridized carbons (Fsp3) is 0.429. The topological polar surface area (TPSA) is 66.0 Å². The van der Waals surface area contributed by atoms with Gasteiger partial charge >= 0.3 is 0 Å². The van der Waals surface area contributed by atoms with Gasteiger partial charge in [0, 0.05) is 24.1 Å². The standard InChI is InChI=1S/C14H18N4O/c1-9-6-11(15)8-18-13(9)16-17-14(18)10-4-3-5-12(7-10)19-2/h3-5,7,9,11H,6,8,15H2,1-2H3. The molecular formula is C14H18N4O. The molecule has 2 heterocycles. The van der Waals surface area contributed by atoms with Crippen molar-refractivity contribution < 1.29 is 4.74 Å². The minimum Gasteiger partial charge on any atom is -0.497 e. The first-order valence-corrected chi connectivity index (χ1v) is 6.52. The van der Waals surface area contributed by atoms with E-state index in [1.807, 2.05) is 24.3 Å². The Hall–Kier alpha value is -1.88. The quantitative estimate of drug-likeness (QED) is 0.891. The molecule has 19 heavy (non-hydrogen) atoms. The Balaban J connectivity index is 2.06. The summed E-state index contributed by atoms with van der Waals surface area (Å²) in [5.74, 6) is 3.08. The maximum atomic E-state index is 6.10. The third kappa shape index (κ3) is 2.10. The van der Waals surface area contributed by atoms with Gasteiger partial charge in [0.2, 0.25) is 0 Å². The van der Waals surface area contributed by atoms with Gasteiger partial charge in [0.25, 0.3) is 0 Å². The zero-order chi connectivity index (χ0) is 13.4. The van der Waals surface area contributed by atoms with Gasteiger partial charge in [-0.15, -0.1) is 10.2 Å². The molecule has 1 aliphatic heterocycles. The summed E-state index contributed by atoms with van der Waals surface area (Å²) in [4.78, 5) is 0. The van der Waals surface area contributed by atoms with Gasteiger partial charge in [0.1, 0.15) is 11.6 Å². The van der Waals surface area contributed by atoms with E-state index < -0.39 is 0 Å². The number of ether oxygens (including phenoxy) is 1. The van der Waals surface area contributed by atoms with Crippen LogP contribution >= 0.6 is 0 Å². The molecule has 0 spiro atoms. The Kier molecular flexibility index (Phi) is 2.98. The third-order valence-electron chi connectivity index (χ3n) is 3.62. The van der Waals surface area contributed by atoms with Gasteiger partial charge in [-0.05, 0) is 18.6 Å². The number of nitrogens with two attached hydrogens (primary N) is 1. The van der Waals surface area contributed by atoms with Gasteiger partial charge in [0.15, 0.2) is 5.82 Å². The summed E-state index contributed by atoms with van der Waals surface area (Å²) in [5, 5.41) is 8.65. The van der Waals surface area contributed by atoms with Crippen molar-refractivity contribution >= 4 is 0 Å². The molecule has 1 aromatic carbocycles. The van der Waals surface area contributed by atoms with Crippen LogP contribution in [0.2, 0.25) is 0 Å². The SMILES string of the molecule is COc1cccc(-c2nnc3n2CC(N)CC3C)c1. The van der Waals surface area contributed by atoms with Crippen LogP contribution in [-0.4, -0.2) is 27.9 Å². The van der Waals surface area contributed by atoms with E-state index in [9.17, 15) is 0 Å². The summed E-state index contributed by atoms with van der Waals surface area (Å²) < 4.78 is 7.39. The first kappa shape index (κ1) is 12.2. The van der Waals surface area contributed by atoms with E-state index in [2.05, 4.69) is 21.7 Å². The lowest BCUT2D eigenvalue weighted by molar-refractivity contribution is 0.408. The monoisotopic (exact) mass is 258 g/mol. The molecule has 5 heteroatoms. The molecule has 2 atom stereocenters. The van der Waals surface area contributed by atoms with Crippen molar-refractivity contribution in [1.29, 1.82) is 0 Å². The number of rotatable bonds is 2. The van der Waals surface area contributed by atoms with Crippen molar-refractivity contribution in [3.63, 3.8) is 0 Å². The molecule has 1 aromatic heterocycles. The van der Waals surface area contributed by atoms with Crippen LogP contribution in [0.4, 0.5) is 0 Å². The van der Waals surface area contributed by atoms with Crippen molar-refractivity contribution in [1.82, 2.24) is 14.8 Å². The number of methoxy groups -OCH3 is 1. The van der Waals surface area contributed by atoms with E-state index in [1.165, 1.54) is 0 Å². The van der Waals surface area contributed by atoms with Crippen LogP contribution in [0, 0.1) is 0 Å². The molecule has 2 aromatic rings. The van der Waals surface area contributed by atoms with Gasteiger partial charge in [0.05, 0.1) is 7.11 Å². The van der Waals surface area contributed by atoms with E-state index in [0.717, 1.165) is 35.9 Å². The highest BCUT2D eigenvalue weighted by molar-refractivity contribution is 5.58. The zero-order valence-corrected chi connectivity index (χ0v) is 11.2. The van der Waals surface area contributed by atoms with Crippen molar-refractivity contribution in [3.8, 4) is 17.1 Å². The normalized spacial score (nSPS) is 22.1. The number of benzene rings is 1. The number of hydrogen-bond donors (Lipinski definition) is 1. The summed E-state index contributed by atoms with van der Waals surface area (Å²) >= 11 is 0. The third-order valence-corrected chi connectivity index (χ3v) is 3.62. The molecule has 0 fully saturated rings. The summed E-state index contributed by atoms with van der Waals surface area (Å²) in [6.45, 7) is 2.92. The summed E-state index contributed by atoms with van der Waals surface area (Å²) in [7, 11) is 1.66. The fourth-order valence-electron chi connectivity index (χ4n) is 2.70. The Labute approximate surface area is 112 Å². The average Bonchev–Trinajstić information content (AvgIpc) is 2.82. The molecular weight excluding hydrogens is 240 g/mol. The van der Waals surface area contributed by atoms with Gasteiger partial charge in [-0.1, -0.05) is 19.1 Å². The van der Waals surface area contributed by atoms with Gasteiger partial charge in [-0.2, -0.15) is 0 Å². The van der Waals surface area contributed by atoms with Crippen molar-refractivity contribution in [2.45, 2.75) is 31.8 Å². The van der Waals surface area contributed by atoms with E-state index in [4.69, 9.17) is 10.5 Å². The maximum absolute atomic E-state index is 6.10. The van der Waals surface area contributed by atoms with E-state index in [-0.39, 0.29) is 6.04 Å². The highest BCUT2D eigenvalue weighted by Crippen LogP contribution is 2.30. The van der Waals surface area contributed by atoms with Crippen LogP contribution in [0.3, 0.4) is 0 Å². The van der Waals surface area contributed by atoms with Crippen molar-refractivity contribution in [3.05, 3.63) is 30.1 Å². The van der Waals surface area contributed by atoms with Crippen LogP contribution in [0.1, 0.15) is 25.1 Å². The van der Waals surface area contributed by atoms with Crippen LogP contribution in [0.25, 0.3) is 11.4 Å². The Morgan fingerprint density at radius 1 is 1.37 bits per heavy atom. The second kappa shape index (κ2) is 4.66. The number of hydrogen-bond acceptors (Lipinski definition) is 4. The molecule has 2 N–H and O–H groups in total. The Morgan fingerprint density at radius 2 is 2.21 bits per heavy atom. The second-order valence-electron chi connectivity index (χ2n) is 5.12. The highest BCUT2D eigenvalue weighted by Gasteiger charge is 2.26. The molecule has 100 valence electrons. The minimum atomic E-state index is 0.169. The van der Waals surface area contributed by atoms with Gasteiger partial charge in [-0.25, -0.2) is 0 Å². The molecule has 0 radical (unpaired) electrons. The minimum absolute atomic E-state index is 0.169. The summed E-state index contributed by atoms with van der Waals surface area (Å²) in [6.07, 6.45) is 0.968. The molecule has 0 saturated carbocycles. The van der Waals surface area contributed by atoms with E-state index in [0.29, 0.717) is 5.92 Å². The second-order valence-corrected chi connectivity index (χ2v) is 5.12. The summed E-state index contributed by atoms with van der Waals surface area (Å²) in [6, 6.07) is 8.04. The average molecular weight is 258 g/mol. The lowest BCUT2D eigenvalue weighted by atomic mass is 9.97. The van der Waals surface area contributed by atoms with E-state index >= 15 is 0 Å². The van der Waals surface area contributed by atoms with Gasteiger partial charge in [-0.3, -0.25) is 0 Å². The predicted octanol–water partition coefficient (Wildman–Crippen LogP) is 1.79. The molecule has 0 saturated heterocycles. The molecule has 5 nitrogen and oxygen atoms in total. The Bertz CT molecular complexity index is 593. The van der Waals surface area contributed by atoms with Crippen LogP contribution in [0.5, 0.6) is 5.75 Å². The first-order valence-electron chi connectivity index (χ1n) is 6.52. The number of aromatic nitrogens is 3. The molecule has 3 rings (SSSR count). The van der Waals surface area contributed by atoms with Gasteiger partial charge < -0.3 is 15.0 Å². The lowest BCUT2D eigenvalue weighted by Gasteiger charge is -2.25. The molecule has 1 aliphatic rings. The largest absolute Gasteiger partial charge is 0.497 e. The fourth-order valence-corrected chi connectivity index (χ4v) is 2.70. The van der Waals surface area contributed by atoms with Crippen LogP contribution in [0.15, 0.2) is 24.3 Å². The predicted molar refractivity (Wildman–Crippen MR) is 73.0 cm³/mol. The van der Waals surface area contributed by atoms with Crippen molar-refractivity contribution in [2.24, 2.45) is 5.73 Å². The van der Waals surface area contributed by atoms with Crippen LogP contribution < -0.4 is 10.5 Å². The number of nitrogens with zero attached hydrogens (tertiary/aromatic N) is 3. The molecule has 0 aliphatic carbocycles.